The molecular weight excluding hydrogens is 364 g/mol. The van der Waals surface area contributed by atoms with Crippen LogP contribution in [-0.4, -0.2) is 34.2 Å². The van der Waals surface area contributed by atoms with Gasteiger partial charge < -0.3 is 14.6 Å². The number of carbonyl (C=O) groups excluding carboxylic acids is 1. The first kappa shape index (κ1) is 19.2. The third-order valence-corrected chi connectivity index (χ3v) is 5.49. The van der Waals surface area contributed by atoms with Gasteiger partial charge in [-0.15, -0.1) is 10.2 Å². The molecule has 0 bridgehead atoms. The van der Waals surface area contributed by atoms with Gasteiger partial charge in [-0.2, -0.15) is 0 Å². The summed E-state index contributed by atoms with van der Waals surface area (Å²) in [7, 11) is 0. The average molecular weight is 390 g/mol. The molecule has 3 aromatic rings. The zero-order valence-corrected chi connectivity index (χ0v) is 16.9. The van der Waals surface area contributed by atoms with E-state index in [1.54, 1.807) is 0 Å². The molecule has 1 fully saturated rings. The molecule has 1 aliphatic heterocycles. The van der Waals surface area contributed by atoms with Crippen molar-refractivity contribution < 1.29 is 9.21 Å². The van der Waals surface area contributed by atoms with Gasteiger partial charge in [-0.05, 0) is 55.5 Å². The first-order chi connectivity index (χ1) is 14.1. The Balaban J connectivity index is 1.36. The van der Waals surface area contributed by atoms with Crippen LogP contribution >= 0.6 is 0 Å². The Hall–Kier alpha value is -3.15. The summed E-state index contributed by atoms with van der Waals surface area (Å²) < 4.78 is 5.71. The van der Waals surface area contributed by atoms with E-state index in [4.69, 9.17) is 4.42 Å². The molecule has 6 nitrogen and oxygen atoms in total. The number of hydrogen-bond donors (Lipinski definition) is 1. The molecule has 0 radical (unpaired) electrons. The van der Waals surface area contributed by atoms with Crippen LogP contribution in [-0.2, 0) is 6.42 Å². The highest BCUT2D eigenvalue weighted by Gasteiger charge is 2.31. The van der Waals surface area contributed by atoms with Gasteiger partial charge in [-0.3, -0.25) is 0 Å². The molecule has 1 N–H and O–H groups in total. The lowest BCUT2D eigenvalue weighted by molar-refractivity contribution is 0.192. The summed E-state index contributed by atoms with van der Waals surface area (Å²) in [6, 6.07) is 16.1. The van der Waals surface area contributed by atoms with Crippen LogP contribution in [0.15, 0.2) is 52.9 Å². The van der Waals surface area contributed by atoms with Crippen molar-refractivity contribution >= 4 is 6.03 Å². The van der Waals surface area contributed by atoms with E-state index in [2.05, 4.69) is 47.6 Å². The molecular formula is C23H26N4O2. The number of nitrogens with zero attached hydrogens (tertiary/aromatic N) is 3. The smallest absolute Gasteiger partial charge is 0.317 e. The largest absolute Gasteiger partial charge is 0.421 e. The van der Waals surface area contributed by atoms with Crippen LogP contribution in [0.2, 0.25) is 0 Å². The van der Waals surface area contributed by atoms with Gasteiger partial charge in [0.2, 0.25) is 11.8 Å². The van der Waals surface area contributed by atoms with Gasteiger partial charge in [-0.1, -0.05) is 36.4 Å². The molecule has 1 unspecified atom stereocenters. The highest BCUT2D eigenvalue weighted by molar-refractivity contribution is 5.75. The summed E-state index contributed by atoms with van der Waals surface area (Å²) in [6.07, 6.45) is 2.53. The fourth-order valence-electron chi connectivity index (χ4n) is 4.09. The van der Waals surface area contributed by atoms with Gasteiger partial charge in [0.15, 0.2) is 0 Å². The number of amides is 2. The first-order valence-electron chi connectivity index (χ1n) is 10.1. The zero-order chi connectivity index (χ0) is 20.2. The van der Waals surface area contributed by atoms with Crippen LogP contribution in [0.1, 0.15) is 41.5 Å². The summed E-state index contributed by atoms with van der Waals surface area (Å²) in [5, 5.41) is 11.2. The van der Waals surface area contributed by atoms with E-state index >= 15 is 0 Å². The highest BCUT2D eigenvalue weighted by Crippen LogP contribution is 2.35. The number of carbonyl (C=O) groups is 1. The molecule has 2 aromatic carbocycles. The third-order valence-electron chi connectivity index (χ3n) is 5.49. The SMILES string of the molecule is Cc1cccc(C)c1C1CCCN1C(=O)NCCc1nnc(-c2ccccc2)o1. The van der Waals surface area contributed by atoms with Crippen LogP contribution in [0.3, 0.4) is 0 Å². The molecule has 4 rings (SSSR count). The lowest BCUT2D eigenvalue weighted by Gasteiger charge is -2.27. The van der Waals surface area contributed by atoms with Crippen LogP contribution in [0.5, 0.6) is 0 Å². The maximum atomic E-state index is 12.8. The van der Waals surface area contributed by atoms with Crippen LogP contribution < -0.4 is 5.32 Å². The van der Waals surface area contributed by atoms with Crippen molar-refractivity contribution in [3.05, 3.63) is 71.1 Å². The van der Waals surface area contributed by atoms with Gasteiger partial charge in [-0.25, -0.2) is 4.79 Å². The molecule has 0 saturated carbocycles. The van der Waals surface area contributed by atoms with Crippen LogP contribution in [0.25, 0.3) is 11.5 Å². The Morgan fingerprint density at radius 1 is 1.10 bits per heavy atom. The maximum Gasteiger partial charge on any atom is 0.317 e. The predicted octanol–water partition coefficient (Wildman–Crippen LogP) is 4.44. The second-order valence-corrected chi connectivity index (χ2v) is 7.51. The lowest BCUT2D eigenvalue weighted by Crippen LogP contribution is -2.40. The van der Waals surface area contributed by atoms with E-state index in [9.17, 15) is 4.79 Å². The number of urea groups is 1. The van der Waals surface area contributed by atoms with Crippen LogP contribution in [0.4, 0.5) is 4.79 Å². The number of likely N-dealkylation sites (tertiary alicyclic amines) is 1. The fraction of sp³-hybridized carbons (Fsp3) is 0.348. The molecule has 1 atom stereocenters. The molecule has 1 saturated heterocycles. The van der Waals surface area contributed by atoms with Gasteiger partial charge >= 0.3 is 6.03 Å². The molecule has 29 heavy (non-hydrogen) atoms. The number of nitrogens with one attached hydrogen (secondary N) is 1. The minimum absolute atomic E-state index is 0.0297. The van der Waals surface area contributed by atoms with Gasteiger partial charge in [0.1, 0.15) is 0 Å². The van der Waals surface area contributed by atoms with Crippen molar-refractivity contribution in [2.75, 3.05) is 13.1 Å². The number of aromatic nitrogens is 2. The van der Waals surface area contributed by atoms with Crippen molar-refractivity contribution in [3.63, 3.8) is 0 Å². The summed E-state index contributed by atoms with van der Waals surface area (Å²) >= 11 is 0. The van der Waals surface area contributed by atoms with Gasteiger partial charge in [0.05, 0.1) is 6.04 Å². The molecule has 0 spiro atoms. The summed E-state index contributed by atoms with van der Waals surface area (Å²) in [6.45, 7) is 5.49. The predicted molar refractivity (Wildman–Crippen MR) is 111 cm³/mol. The van der Waals surface area contributed by atoms with Crippen molar-refractivity contribution in [2.45, 2.75) is 39.2 Å². The van der Waals surface area contributed by atoms with Crippen molar-refractivity contribution in [1.82, 2.24) is 20.4 Å². The summed E-state index contributed by atoms with van der Waals surface area (Å²) in [4.78, 5) is 14.8. The molecule has 0 aliphatic carbocycles. The molecule has 150 valence electrons. The normalized spacial score (nSPS) is 16.2. The summed E-state index contributed by atoms with van der Waals surface area (Å²) in [5.41, 5.74) is 4.66. The van der Waals surface area contributed by atoms with E-state index < -0.39 is 0 Å². The first-order valence-corrected chi connectivity index (χ1v) is 10.1. The van der Waals surface area contributed by atoms with Crippen molar-refractivity contribution in [1.29, 1.82) is 0 Å². The van der Waals surface area contributed by atoms with E-state index in [0.29, 0.717) is 24.7 Å². The molecule has 2 heterocycles. The quantitative estimate of drug-likeness (QED) is 0.699. The lowest BCUT2D eigenvalue weighted by atomic mass is 9.94. The second-order valence-electron chi connectivity index (χ2n) is 7.51. The number of aryl methyl sites for hydroxylation is 2. The number of rotatable bonds is 5. The minimum atomic E-state index is -0.0297. The monoisotopic (exact) mass is 390 g/mol. The number of hydrogen-bond acceptors (Lipinski definition) is 4. The minimum Gasteiger partial charge on any atom is -0.421 e. The Morgan fingerprint density at radius 3 is 2.62 bits per heavy atom. The van der Waals surface area contributed by atoms with Gasteiger partial charge in [0.25, 0.3) is 0 Å². The summed E-state index contributed by atoms with van der Waals surface area (Å²) in [5.74, 6) is 1.03. The van der Waals surface area contributed by atoms with Crippen LogP contribution in [0, 0.1) is 13.8 Å². The standard InChI is InChI=1S/C23H26N4O2/c1-16-8-6-9-17(2)21(16)19-12-7-15-27(19)23(28)24-14-13-20-25-26-22(29-20)18-10-4-3-5-11-18/h3-6,8-11,19H,7,12-15H2,1-2H3,(H,24,28). The highest BCUT2D eigenvalue weighted by atomic mass is 16.4. The molecule has 1 aliphatic rings. The van der Waals surface area contributed by atoms with E-state index in [-0.39, 0.29) is 12.1 Å². The topological polar surface area (TPSA) is 71.3 Å². The molecule has 2 amide bonds. The molecule has 1 aromatic heterocycles. The van der Waals surface area contributed by atoms with Crippen molar-refractivity contribution in [2.24, 2.45) is 0 Å². The Labute approximate surface area is 170 Å². The van der Waals surface area contributed by atoms with E-state index in [1.165, 1.54) is 16.7 Å². The average Bonchev–Trinajstić information content (AvgIpc) is 3.38. The Kier molecular flexibility index (Phi) is 5.60. The zero-order valence-electron chi connectivity index (χ0n) is 16.9. The van der Waals surface area contributed by atoms with E-state index in [0.717, 1.165) is 24.9 Å². The Bertz CT molecular complexity index is 963. The van der Waals surface area contributed by atoms with E-state index in [1.807, 2.05) is 35.2 Å². The van der Waals surface area contributed by atoms with Gasteiger partial charge in [0, 0.05) is 25.1 Å². The third kappa shape index (κ3) is 4.16. The molecule has 6 heteroatoms. The Morgan fingerprint density at radius 2 is 1.86 bits per heavy atom. The van der Waals surface area contributed by atoms with Crippen molar-refractivity contribution in [3.8, 4) is 11.5 Å². The second kappa shape index (κ2) is 8.47. The maximum absolute atomic E-state index is 12.8. The number of benzene rings is 2. The fourth-order valence-corrected chi connectivity index (χ4v) is 4.09.